The predicted molar refractivity (Wildman–Crippen MR) is 191 cm³/mol. The fraction of sp³-hybridized carbons (Fsp3) is 0.162. The Labute approximate surface area is 287 Å². The van der Waals surface area contributed by atoms with E-state index in [-0.39, 0.29) is 9.79 Å². The lowest BCUT2D eigenvalue weighted by molar-refractivity contribution is -0.539. The molecule has 0 unspecified atom stereocenters. The molecule has 0 atom stereocenters. The molecule has 48 heavy (non-hydrogen) atoms. The van der Waals surface area contributed by atoms with Crippen molar-refractivity contribution in [1.29, 1.82) is 0 Å². The first-order valence-corrected chi connectivity index (χ1v) is 18.6. The van der Waals surface area contributed by atoms with Gasteiger partial charge in [0.2, 0.25) is 0 Å². The van der Waals surface area contributed by atoms with Crippen molar-refractivity contribution in [3.63, 3.8) is 0 Å². The van der Waals surface area contributed by atoms with Crippen molar-refractivity contribution in [2.75, 3.05) is 18.0 Å². The topological polar surface area (TPSA) is 115 Å². The Bertz CT molecular complexity index is 2140. The number of halogens is 1. The van der Waals surface area contributed by atoms with Gasteiger partial charge < -0.3 is 4.90 Å². The zero-order valence-corrected chi connectivity index (χ0v) is 28.9. The molecular weight excluding hydrogens is 668 g/mol. The average Bonchev–Trinajstić information content (AvgIpc) is 3.07. The van der Waals surface area contributed by atoms with E-state index in [2.05, 4.69) is 33.7 Å². The molecule has 0 fully saturated rings. The van der Waals surface area contributed by atoms with E-state index in [0.717, 1.165) is 51.3 Å². The van der Waals surface area contributed by atoms with Crippen LogP contribution in [0.4, 0.5) is 5.69 Å². The third-order valence-electron chi connectivity index (χ3n) is 8.11. The molecule has 1 aliphatic carbocycles. The van der Waals surface area contributed by atoms with Gasteiger partial charge in [0.25, 0.3) is 20.2 Å². The van der Waals surface area contributed by atoms with Gasteiger partial charge in [-0.3, -0.25) is 9.11 Å². The van der Waals surface area contributed by atoms with Gasteiger partial charge in [0.05, 0.1) is 9.79 Å². The van der Waals surface area contributed by atoms with Crippen molar-refractivity contribution in [2.45, 2.75) is 36.7 Å². The van der Waals surface area contributed by atoms with Crippen LogP contribution in [-0.4, -0.2) is 49.3 Å². The van der Waals surface area contributed by atoms with E-state index < -0.39 is 20.2 Å². The summed E-state index contributed by atoms with van der Waals surface area (Å²) in [5, 5.41) is 0.623. The van der Waals surface area contributed by atoms with Gasteiger partial charge in [-0.25, -0.2) is 4.58 Å². The van der Waals surface area contributed by atoms with E-state index in [1.54, 1.807) is 18.2 Å². The molecule has 0 spiro atoms. The normalized spacial score (nSPS) is 13.1. The Morgan fingerprint density at radius 1 is 0.729 bits per heavy atom. The fourth-order valence-electron chi connectivity index (χ4n) is 5.60. The van der Waals surface area contributed by atoms with Gasteiger partial charge in [0.15, 0.2) is 12.3 Å². The predicted octanol–water partition coefficient (Wildman–Crippen LogP) is 7.46. The largest absolute Gasteiger partial charge is 0.367 e. The van der Waals surface area contributed by atoms with Crippen LogP contribution in [0.25, 0.3) is 5.57 Å². The van der Waals surface area contributed by atoms with Crippen LogP contribution >= 0.6 is 11.6 Å². The Balaban J connectivity index is 1.46. The minimum Gasteiger partial charge on any atom is -0.367 e. The van der Waals surface area contributed by atoms with Crippen molar-refractivity contribution in [1.82, 2.24) is 0 Å². The maximum absolute atomic E-state index is 11.7. The fourth-order valence-corrected chi connectivity index (χ4v) is 6.86. The minimum atomic E-state index is -4.29. The summed E-state index contributed by atoms with van der Waals surface area (Å²) in [5.74, 6) is 0. The summed E-state index contributed by atoms with van der Waals surface area (Å²) in [6, 6.07) is 28.4. The number of nitrogens with zero attached hydrogens (tertiary/aromatic N) is 2. The number of hydrogen-bond acceptors (Lipinski definition) is 5. The molecule has 4 aromatic carbocycles. The van der Waals surface area contributed by atoms with Crippen LogP contribution in [0.3, 0.4) is 0 Å². The molecule has 0 aromatic heterocycles. The number of benzene rings is 4. The van der Waals surface area contributed by atoms with Gasteiger partial charge in [-0.2, -0.15) is 16.8 Å². The summed E-state index contributed by atoms with van der Waals surface area (Å²) in [4.78, 5) is 1.90. The number of anilines is 1. The maximum atomic E-state index is 11.7. The summed E-state index contributed by atoms with van der Waals surface area (Å²) in [6.45, 7) is 6.48. The Morgan fingerprint density at radius 3 is 1.96 bits per heavy atom. The molecule has 0 bridgehead atoms. The van der Waals surface area contributed by atoms with Crippen molar-refractivity contribution in [3.8, 4) is 0 Å². The minimum absolute atomic E-state index is 0.132. The van der Waals surface area contributed by atoms with Crippen LogP contribution in [0, 0.1) is 0 Å². The molecule has 0 amide bonds. The summed E-state index contributed by atoms with van der Waals surface area (Å²) >= 11 is 6.74. The molecule has 4 aromatic rings. The Hall–Kier alpha value is -4.32. The van der Waals surface area contributed by atoms with Crippen LogP contribution in [-0.2, 0) is 33.3 Å². The van der Waals surface area contributed by atoms with Crippen molar-refractivity contribution in [2.24, 2.45) is 0 Å². The summed E-state index contributed by atoms with van der Waals surface area (Å²) in [7, 11) is -8.54. The smallest absolute Gasteiger partial charge is 0.294 e. The second-order valence-electron chi connectivity index (χ2n) is 11.2. The highest BCUT2D eigenvalue weighted by atomic mass is 35.5. The second-order valence-corrected chi connectivity index (χ2v) is 14.5. The lowest BCUT2D eigenvalue weighted by atomic mass is 9.90. The Morgan fingerprint density at radius 2 is 1.38 bits per heavy atom. The van der Waals surface area contributed by atoms with Gasteiger partial charge in [-0.05, 0) is 90.7 Å². The van der Waals surface area contributed by atoms with Gasteiger partial charge in [0.1, 0.15) is 6.54 Å². The second kappa shape index (κ2) is 14.8. The average molecular weight is 704 g/mol. The van der Waals surface area contributed by atoms with Crippen LogP contribution in [0.15, 0.2) is 137 Å². The first kappa shape index (κ1) is 35.0. The monoisotopic (exact) mass is 703 g/mol. The molecule has 0 saturated heterocycles. The van der Waals surface area contributed by atoms with E-state index in [1.807, 2.05) is 68.5 Å². The lowest BCUT2D eigenvalue weighted by Crippen LogP contribution is -2.22. The quantitative estimate of drug-likeness (QED) is 0.123. The molecule has 0 heterocycles. The first-order chi connectivity index (χ1) is 22.9. The molecule has 1 aliphatic rings. The zero-order valence-electron chi connectivity index (χ0n) is 26.5. The van der Waals surface area contributed by atoms with Gasteiger partial charge in [-0.15, -0.1) is 0 Å². The lowest BCUT2D eigenvalue weighted by Gasteiger charge is -2.24. The molecule has 8 nitrogen and oxygen atoms in total. The molecule has 0 radical (unpaired) electrons. The molecule has 248 valence electrons. The molecular formula is C37H36ClN2O6S2+. The maximum Gasteiger partial charge on any atom is 0.294 e. The van der Waals surface area contributed by atoms with Crippen molar-refractivity contribution >= 4 is 48.8 Å². The van der Waals surface area contributed by atoms with Crippen molar-refractivity contribution in [3.05, 3.63) is 154 Å². The third-order valence-corrected chi connectivity index (χ3v) is 10.2. The van der Waals surface area contributed by atoms with Gasteiger partial charge in [-0.1, -0.05) is 66.2 Å². The van der Waals surface area contributed by atoms with Crippen LogP contribution in [0.5, 0.6) is 0 Å². The summed E-state index contributed by atoms with van der Waals surface area (Å²) in [6.07, 6.45) is 8.16. The van der Waals surface area contributed by atoms with E-state index in [0.29, 0.717) is 24.7 Å². The van der Waals surface area contributed by atoms with Crippen LogP contribution in [0.1, 0.15) is 36.1 Å². The molecule has 2 N–H and O–H groups in total. The van der Waals surface area contributed by atoms with Gasteiger partial charge >= 0.3 is 0 Å². The SMILES string of the molecule is CCN(Cc1ccc(S(=O)(=O)O)cc1)c1ccc(C(=C2C=CC(=[N+](CC)Cc3cccc(S(=O)(=O)O)c3)C=C2)c2ccccc2Cl)cc1. The molecule has 11 heteroatoms. The summed E-state index contributed by atoms with van der Waals surface area (Å²) in [5.41, 5.74) is 7.41. The highest BCUT2D eigenvalue weighted by molar-refractivity contribution is 7.86. The first-order valence-electron chi connectivity index (χ1n) is 15.3. The molecule has 0 saturated carbocycles. The van der Waals surface area contributed by atoms with Crippen LogP contribution in [0.2, 0.25) is 5.02 Å². The van der Waals surface area contributed by atoms with Gasteiger partial charge in [0, 0.05) is 47.1 Å². The van der Waals surface area contributed by atoms with Crippen LogP contribution < -0.4 is 4.90 Å². The number of hydrogen-bond donors (Lipinski definition) is 2. The van der Waals surface area contributed by atoms with Crippen molar-refractivity contribution < 1.29 is 30.5 Å². The van der Waals surface area contributed by atoms with E-state index in [1.165, 1.54) is 24.3 Å². The molecule has 5 rings (SSSR count). The highest BCUT2D eigenvalue weighted by Gasteiger charge is 2.19. The standard InChI is InChI=1S/C37H35ClN2O6S2/c1-3-39(25-27-12-22-33(23-13-27)47(41,42)43)31-18-14-29(15-19-31)37(35-10-5-6-11-36(35)38)30-16-20-32(21-17-30)40(4-2)26-28-8-7-9-34(24-28)48(44,45)46/h5-24H,3-4,25-26H2,1-2H3,(H-,41,42,43,44,45,46)/p+1. The third kappa shape index (κ3) is 8.39. The number of allylic oxidation sites excluding steroid dienone is 5. The van der Waals surface area contributed by atoms with E-state index >= 15 is 0 Å². The highest BCUT2D eigenvalue weighted by Crippen LogP contribution is 2.35. The molecule has 0 aliphatic heterocycles. The van der Waals surface area contributed by atoms with E-state index in [9.17, 15) is 25.9 Å². The van der Waals surface area contributed by atoms with E-state index in [4.69, 9.17) is 11.6 Å². The number of rotatable bonds is 11. The zero-order chi connectivity index (χ0) is 34.5. The Kier molecular flexibility index (Phi) is 10.8. The summed E-state index contributed by atoms with van der Waals surface area (Å²) < 4.78 is 67.1.